The number of hydrazone groups is 1. The van der Waals surface area contributed by atoms with Gasteiger partial charge in [-0.15, -0.1) is 0 Å². The Labute approximate surface area is 184 Å². The molecule has 0 aliphatic rings. The van der Waals surface area contributed by atoms with Gasteiger partial charge in [0.15, 0.2) is 0 Å². The van der Waals surface area contributed by atoms with Gasteiger partial charge in [-0.05, 0) is 35.4 Å². The summed E-state index contributed by atoms with van der Waals surface area (Å²) in [4.78, 5) is 20.1. The van der Waals surface area contributed by atoms with Crippen LogP contribution in [-0.4, -0.2) is 22.1 Å². The number of amides is 1. The molecule has 5 aromatic rings. The Bertz CT molecular complexity index is 1420. The predicted molar refractivity (Wildman–Crippen MR) is 126 cm³/mol. The minimum Gasteiger partial charge on any atom is -0.489 e. The van der Waals surface area contributed by atoms with Crippen molar-refractivity contribution in [3.63, 3.8) is 0 Å². The largest absolute Gasteiger partial charge is 0.489 e. The Morgan fingerprint density at radius 1 is 0.938 bits per heavy atom. The molecule has 0 aliphatic heterocycles. The average Bonchev–Trinajstić information content (AvgIpc) is 3.21. The number of pyridine rings is 1. The van der Waals surface area contributed by atoms with Crippen LogP contribution in [0.2, 0.25) is 0 Å². The van der Waals surface area contributed by atoms with Crippen LogP contribution >= 0.6 is 0 Å². The van der Waals surface area contributed by atoms with E-state index in [9.17, 15) is 4.79 Å². The maximum Gasteiger partial charge on any atom is 0.289 e. The number of H-pyrrole nitrogens is 1. The third kappa shape index (κ3) is 4.20. The smallest absolute Gasteiger partial charge is 0.289 e. The van der Waals surface area contributed by atoms with Gasteiger partial charge in [0.25, 0.3) is 5.91 Å². The van der Waals surface area contributed by atoms with Crippen molar-refractivity contribution in [1.82, 2.24) is 15.4 Å². The number of para-hydroxylation sites is 1. The molecule has 0 bridgehead atoms. The van der Waals surface area contributed by atoms with Gasteiger partial charge < -0.3 is 9.72 Å². The number of hydrogen-bond acceptors (Lipinski definition) is 4. The summed E-state index contributed by atoms with van der Waals surface area (Å²) in [5, 5.41) is 6.08. The fraction of sp³-hybridized carbons (Fsp3) is 0.0385. The minimum absolute atomic E-state index is 0.305. The molecule has 0 radical (unpaired) electrons. The maximum absolute atomic E-state index is 12.5. The molecule has 0 fully saturated rings. The van der Waals surface area contributed by atoms with E-state index in [2.05, 4.69) is 20.5 Å². The molecule has 0 aliphatic carbocycles. The van der Waals surface area contributed by atoms with Crippen LogP contribution in [0.25, 0.3) is 21.8 Å². The van der Waals surface area contributed by atoms with Crippen molar-refractivity contribution < 1.29 is 9.53 Å². The second-order valence-electron chi connectivity index (χ2n) is 7.33. The summed E-state index contributed by atoms with van der Waals surface area (Å²) in [6.07, 6.45) is 3.25. The molecule has 32 heavy (non-hydrogen) atoms. The monoisotopic (exact) mass is 420 g/mol. The Balaban J connectivity index is 1.25. The molecule has 0 atom stereocenters. The van der Waals surface area contributed by atoms with Crippen LogP contribution in [0.15, 0.2) is 96.2 Å². The number of nitrogens with zero attached hydrogens (tertiary/aromatic N) is 2. The lowest BCUT2D eigenvalue weighted by Crippen LogP contribution is -2.18. The van der Waals surface area contributed by atoms with Gasteiger partial charge in [-0.2, -0.15) is 5.10 Å². The van der Waals surface area contributed by atoms with Crippen LogP contribution in [0.4, 0.5) is 0 Å². The lowest BCUT2D eigenvalue weighted by molar-refractivity contribution is 0.0950. The van der Waals surface area contributed by atoms with Crippen molar-refractivity contribution in [3.05, 3.63) is 108 Å². The van der Waals surface area contributed by atoms with E-state index in [4.69, 9.17) is 4.74 Å². The number of fused-ring (bicyclic) bond motifs is 3. The Morgan fingerprint density at radius 3 is 2.69 bits per heavy atom. The molecule has 0 saturated heterocycles. The number of nitrogens with one attached hydrogen (secondary N) is 2. The first-order valence-electron chi connectivity index (χ1n) is 10.2. The van der Waals surface area contributed by atoms with Crippen LogP contribution in [0, 0.1) is 0 Å². The molecule has 6 nitrogen and oxygen atoms in total. The first-order chi connectivity index (χ1) is 15.8. The molecule has 2 N–H and O–H groups in total. The van der Waals surface area contributed by atoms with Gasteiger partial charge in [0, 0.05) is 16.3 Å². The molecule has 6 heteroatoms. The first kappa shape index (κ1) is 19.5. The number of rotatable bonds is 6. The van der Waals surface area contributed by atoms with Gasteiger partial charge >= 0.3 is 0 Å². The highest BCUT2D eigenvalue weighted by atomic mass is 16.5. The summed E-state index contributed by atoms with van der Waals surface area (Å²) < 4.78 is 5.84. The molecule has 2 aromatic heterocycles. The standard InChI is InChI=1S/C26H20N4O2/c31-26(24-14-22-21-11-4-5-12-23(21)29-25(22)16-27-24)30-28-15-19-9-6-10-20(13-19)32-17-18-7-2-1-3-8-18/h1-16,29H,17H2,(H,30,31)/b28-15+. The van der Waals surface area contributed by atoms with Crippen LogP contribution in [-0.2, 0) is 6.61 Å². The molecule has 0 saturated carbocycles. The van der Waals surface area contributed by atoms with Crippen molar-refractivity contribution in [2.45, 2.75) is 6.61 Å². The summed E-state index contributed by atoms with van der Waals surface area (Å²) in [6, 6.07) is 27.2. The number of benzene rings is 3. The zero-order chi connectivity index (χ0) is 21.8. The van der Waals surface area contributed by atoms with Crippen LogP contribution in [0.5, 0.6) is 5.75 Å². The fourth-order valence-corrected chi connectivity index (χ4v) is 3.52. The fourth-order valence-electron chi connectivity index (χ4n) is 3.52. The van der Waals surface area contributed by atoms with Gasteiger partial charge in [-0.25, -0.2) is 10.4 Å². The van der Waals surface area contributed by atoms with Crippen molar-refractivity contribution in [3.8, 4) is 5.75 Å². The minimum atomic E-state index is -0.370. The molecule has 0 unspecified atom stereocenters. The number of carbonyl (C=O) groups is 1. The van der Waals surface area contributed by atoms with E-state index in [0.29, 0.717) is 12.3 Å². The number of carbonyl (C=O) groups excluding carboxylic acids is 1. The molecule has 156 valence electrons. The van der Waals surface area contributed by atoms with E-state index in [-0.39, 0.29) is 5.91 Å². The van der Waals surface area contributed by atoms with Crippen molar-refractivity contribution in [2.75, 3.05) is 0 Å². The SMILES string of the molecule is O=C(N/N=C/c1cccc(OCc2ccccc2)c1)c1cc2c(cn1)[nH]c1ccccc12. The number of ether oxygens (including phenoxy) is 1. The predicted octanol–water partition coefficient (Wildman–Crippen LogP) is 5.06. The number of aromatic nitrogens is 2. The number of aromatic amines is 1. The zero-order valence-corrected chi connectivity index (χ0v) is 17.2. The normalized spacial score (nSPS) is 11.2. The zero-order valence-electron chi connectivity index (χ0n) is 17.2. The van der Waals surface area contributed by atoms with Crippen molar-refractivity contribution in [2.24, 2.45) is 5.10 Å². The van der Waals surface area contributed by atoms with Crippen LogP contribution in [0.3, 0.4) is 0 Å². The van der Waals surface area contributed by atoms with Crippen molar-refractivity contribution >= 4 is 33.9 Å². The molecule has 2 heterocycles. The highest BCUT2D eigenvalue weighted by molar-refractivity contribution is 6.09. The van der Waals surface area contributed by atoms with E-state index < -0.39 is 0 Å². The van der Waals surface area contributed by atoms with Gasteiger partial charge in [0.2, 0.25) is 0 Å². The summed E-state index contributed by atoms with van der Waals surface area (Å²) in [5.41, 5.74) is 6.66. The Kier molecular flexibility index (Phi) is 5.32. The second kappa shape index (κ2) is 8.73. The molecule has 5 rings (SSSR count). The highest BCUT2D eigenvalue weighted by Gasteiger charge is 2.10. The number of hydrogen-bond donors (Lipinski definition) is 2. The maximum atomic E-state index is 12.5. The summed E-state index contributed by atoms with van der Waals surface area (Å²) in [6.45, 7) is 0.486. The topological polar surface area (TPSA) is 79.4 Å². The Morgan fingerprint density at radius 2 is 1.78 bits per heavy atom. The van der Waals surface area contributed by atoms with Crippen LogP contribution < -0.4 is 10.2 Å². The molecule has 0 spiro atoms. The van der Waals surface area contributed by atoms with E-state index in [1.165, 1.54) is 0 Å². The summed E-state index contributed by atoms with van der Waals surface area (Å²) in [7, 11) is 0. The summed E-state index contributed by atoms with van der Waals surface area (Å²) in [5.74, 6) is 0.362. The molecule has 1 amide bonds. The lowest BCUT2D eigenvalue weighted by Gasteiger charge is -2.06. The van der Waals surface area contributed by atoms with Gasteiger partial charge in [-0.1, -0.05) is 60.7 Å². The Hall–Kier alpha value is -4.45. The van der Waals surface area contributed by atoms with E-state index in [1.54, 1.807) is 18.5 Å². The summed E-state index contributed by atoms with van der Waals surface area (Å²) >= 11 is 0. The van der Waals surface area contributed by atoms with Gasteiger partial charge in [-0.3, -0.25) is 4.79 Å². The van der Waals surface area contributed by atoms with E-state index in [1.807, 2.05) is 78.9 Å². The third-order valence-corrected chi connectivity index (χ3v) is 5.11. The van der Waals surface area contributed by atoms with E-state index in [0.717, 1.165) is 38.7 Å². The van der Waals surface area contributed by atoms with Gasteiger partial charge in [0.1, 0.15) is 18.1 Å². The average molecular weight is 420 g/mol. The molecular weight excluding hydrogens is 400 g/mol. The third-order valence-electron chi connectivity index (χ3n) is 5.11. The lowest BCUT2D eigenvalue weighted by atomic mass is 10.1. The first-order valence-corrected chi connectivity index (χ1v) is 10.2. The van der Waals surface area contributed by atoms with Crippen LogP contribution in [0.1, 0.15) is 21.6 Å². The highest BCUT2D eigenvalue weighted by Crippen LogP contribution is 2.25. The van der Waals surface area contributed by atoms with E-state index >= 15 is 0 Å². The second-order valence-corrected chi connectivity index (χ2v) is 7.33. The van der Waals surface area contributed by atoms with Crippen molar-refractivity contribution in [1.29, 1.82) is 0 Å². The van der Waals surface area contributed by atoms with Gasteiger partial charge in [0.05, 0.1) is 17.9 Å². The quantitative estimate of drug-likeness (QED) is 0.298. The molecule has 3 aromatic carbocycles. The molecular formula is C26H20N4O2.